The SMILES string of the molecule is CC1CN(c2cc(CO)ccc2[N+](=O)[O-])CC(c2ccsc2)O1. The normalized spacial score (nSPS) is 21.4. The number of nitrogens with zero attached hydrogens (tertiary/aromatic N) is 2. The number of ether oxygens (including phenoxy) is 1. The molecule has 1 aromatic heterocycles. The Hall–Kier alpha value is -1.96. The third kappa shape index (κ3) is 3.36. The molecule has 1 aromatic carbocycles. The van der Waals surface area contributed by atoms with Gasteiger partial charge in [-0.25, -0.2) is 0 Å². The van der Waals surface area contributed by atoms with Gasteiger partial charge in [0.2, 0.25) is 0 Å². The van der Waals surface area contributed by atoms with Crippen molar-refractivity contribution in [3.05, 3.63) is 56.3 Å². The Bertz CT molecular complexity index is 689. The van der Waals surface area contributed by atoms with E-state index in [1.807, 2.05) is 28.7 Å². The van der Waals surface area contributed by atoms with Crippen molar-refractivity contribution in [3.63, 3.8) is 0 Å². The van der Waals surface area contributed by atoms with Gasteiger partial charge in [0.1, 0.15) is 11.8 Å². The van der Waals surface area contributed by atoms with Crippen molar-refractivity contribution in [1.82, 2.24) is 0 Å². The van der Waals surface area contributed by atoms with Gasteiger partial charge in [-0.3, -0.25) is 10.1 Å². The zero-order chi connectivity index (χ0) is 16.4. The topological polar surface area (TPSA) is 75.8 Å². The number of anilines is 1. The van der Waals surface area contributed by atoms with Crippen LogP contribution in [-0.2, 0) is 11.3 Å². The van der Waals surface area contributed by atoms with Crippen molar-refractivity contribution < 1.29 is 14.8 Å². The number of aliphatic hydroxyl groups is 1. The molecule has 1 aliphatic rings. The maximum absolute atomic E-state index is 11.3. The molecule has 7 heteroatoms. The van der Waals surface area contributed by atoms with Crippen molar-refractivity contribution >= 4 is 22.7 Å². The third-order valence-corrected chi connectivity index (χ3v) is 4.64. The minimum absolute atomic E-state index is 0.0361. The second-order valence-corrected chi connectivity index (χ2v) is 6.42. The first-order valence-corrected chi connectivity index (χ1v) is 8.33. The highest BCUT2D eigenvalue weighted by Gasteiger charge is 2.30. The van der Waals surface area contributed by atoms with Crippen LogP contribution in [0.2, 0.25) is 0 Å². The average molecular weight is 334 g/mol. The fraction of sp³-hybridized carbons (Fsp3) is 0.375. The molecule has 0 amide bonds. The van der Waals surface area contributed by atoms with Crippen LogP contribution in [0.3, 0.4) is 0 Å². The summed E-state index contributed by atoms with van der Waals surface area (Å²) in [5.41, 5.74) is 2.35. The van der Waals surface area contributed by atoms with Crippen LogP contribution >= 0.6 is 11.3 Å². The molecule has 3 rings (SSSR count). The Morgan fingerprint density at radius 1 is 1.43 bits per heavy atom. The zero-order valence-electron chi connectivity index (χ0n) is 12.7. The summed E-state index contributed by atoms with van der Waals surface area (Å²) in [5, 5.41) is 24.7. The number of hydrogen-bond acceptors (Lipinski definition) is 6. The number of nitro groups is 1. The molecule has 1 fully saturated rings. The predicted octanol–water partition coefficient (Wildman–Crippen LogP) is 3.12. The van der Waals surface area contributed by atoms with Gasteiger partial charge in [-0.2, -0.15) is 11.3 Å². The molecular weight excluding hydrogens is 316 g/mol. The van der Waals surface area contributed by atoms with E-state index in [4.69, 9.17) is 4.74 Å². The van der Waals surface area contributed by atoms with E-state index in [0.29, 0.717) is 24.3 Å². The number of morpholine rings is 1. The average Bonchev–Trinajstić information content (AvgIpc) is 3.08. The van der Waals surface area contributed by atoms with Gasteiger partial charge in [-0.05, 0) is 47.0 Å². The van der Waals surface area contributed by atoms with E-state index in [0.717, 1.165) is 5.56 Å². The minimum Gasteiger partial charge on any atom is -0.392 e. The van der Waals surface area contributed by atoms with Crippen molar-refractivity contribution in [2.24, 2.45) is 0 Å². The Morgan fingerprint density at radius 3 is 2.91 bits per heavy atom. The smallest absolute Gasteiger partial charge is 0.292 e. The number of nitro benzene ring substituents is 1. The van der Waals surface area contributed by atoms with E-state index in [-0.39, 0.29) is 29.4 Å². The lowest BCUT2D eigenvalue weighted by atomic mass is 10.1. The van der Waals surface area contributed by atoms with Crippen molar-refractivity contribution in [3.8, 4) is 0 Å². The molecule has 6 nitrogen and oxygen atoms in total. The van der Waals surface area contributed by atoms with E-state index in [9.17, 15) is 15.2 Å². The van der Waals surface area contributed by atoms with E-state index >= 15 is 0 Å². The lowest BCUT2D eigenvalue weighted by Crippen LogP contribution is -2.43. The summed E-state index contributed by atoms with van der Waals surface area (Å²) in [6.07, 6.45) is -0.145. The molecule has 2 unspecified atom stereocenters. The van der Waals surface area contributed by atoms with Crippen molar-refractivity contribution in [1.29, 1.82) is 0 Å². The standard InChI is InChI=1S/C16H18N2O4S/c1-11-7-17(8-16(22-11)13-4-5-23-10-13)15-6-12(9-19)2-3-14(15)18(20)21/h2-6,10-11,16,19H,7-9H2,1H3. The number of thiophene rings is 1. The first kappa shape index (κ1) is 15.9. The first-order chi connectivity index (χ1) is 11.1. The number of benzene rings is 1. The van der Waals surface area contributed by atoms with Gasteiger partial charge in [-0.15, -0.1) is 0 Å². The Balaban J connectivity index is 1.94. The largest absolute Gasteiger partial charge is 0.392 e. The first-order valence-electron chi connectivity index (χ1n) is 7.39. The minimum atomic E-state index is -0.379. The van der Waals surface area contributed by atoms with Crippen LogP contribution in [0.25, 0.3) is 0 Å². The quantitative estimate of drug-likeness (QED) is 0.687. The predicted molar refractivity (Wildman–Crippen MR) is 88.8 cm³/mol. The number of hydrogen-bond donors (Lipinski definition) is 1. The number of aliphatic hydroxyl groups excluding tert-OH is 1. The fourth-order valence-electron chi connectivity index (χ4n) is 2.87. The highest BCUT2D eigenvalue weighted by atomic mass is 32.1. The van der Waals surface area contributed by atoms with E-state index < -0.39 is 0 Å². The van der Waals surface area contributed by atoms with Gasteiger partial charge in [0.25, 0.3) is 5.69 Å². The molecule has 2 atom stereocenters. The molecule has 1 saturated heterocycles. The van der Waals surface area contributed by atoms with Gasteiger partial charge >= 0.3 is 0 Å². The lowest BCUT2D eigenvalue weighted by molar-refractivity contribution is -0.384. The summed E-state index contributed by atoms with van der Waals surface area (Å²) in [5.74, 6) is 0. The lowest BCUT2D eigenvalue weighted by Gasteiger charge is -2.37. The van der Waals surface area contributed by atoms with Crippen LogP contribution in [0.5, 0.6) is 0 Å². The third-order valence-electron chi connectivity index (χ3n) is 3.94. The molecule has 0 bridgehead atoms. The van der Waals surface area contributed by atoms with Crippen LogP contribution in [0.4, 0.5) is 11.4 Å². The molecule has 0 aliphatic carbocycles. The molecule has 0 spiro atoms. The Labute approximate surface area is 138 Å². The van der Waals surface area contributed by atoms with Gasteiger partial charge < -0.3 is 14.7 Å². The van der Waals surface area contributed by atoms with Gasteiger partial charge in [-0.1, -0.05) is 0 Å². The molecule has 0 radical (unpaired) electrons. The summed E-state index contributed by atoms with van der Waals surface area (Å²) in [6, 6.07) is 6.76. The Morgan fingerprint density at radius 2 is 2.26 bits per heavy atom. The molecule has 2 heterocycles. The van der Waals surface area contributed by atoms with Crippen LogP contribution in [-0.4, -0.2) is 29.2 Å². The summed E-state index contributed by atoms with van der Waals surface area (Å²) >= 11 is 1.61. The molecule has 2 aromatic rings. The van der Waals surface area contributed by atoms with Crippen LogP contribution in [0.15, 0.2) is 35.0 Å². The molecular formula is C16H18N2O4S. The van der Waals surface area contributed by atoms with Gasteiger partial charge in [0.05, 0.1) is 17.6 Å². The van der Waals surface area contributed by atoms with Crippen molar-refractivity contribution in [2.75, 3.05) is 18.0 Å². The zero-order valence-corrected chi connectivity index (χ0v) is 13.5. The van der Waals surface area contributed by atoms with Crippen LogP contribution in [0.1, 0.15) is 24.2 Å². The number of rotatable bonds is 4. The van der Waals surface area contributed by atoms with E-state index in [1.54, 1.807) is 23.5 Å². The maximum atomic E-state index is 11.3. The highest BCUT2D eigenvalue weighted by Crippen LogP contribution is 2.35. The second-order valence-electron chi connectivity index (χ2n) is 5.64. The second kappa shape index (κ2) is 6.66. The molecule has 0 saturated carbocycles. The monoisotopic (exact) mass is 334 g/mol. The molecule has 1 aliphatic heterocycles. The molecule has 122 valence electrons. The maximum Gasteiger partial charge on any atom is 0.292 e. The van der Waals surface area contributed by atoms with Crippen LogP contribution < -0.4 is 4.90 Å². The summed E-state index contributed by atoms with van der Waals surface area (Å²) < 4.78 is 5.99. The summed E-state index contributed by atoms with van der Waals surface area (Å²) in [7, 11) is 0. The molecule has 23 heavy (non-hydrogen) atoms. The van der Waals surface area contributed by atoms with Crippen molar-refractivity contribution in [2.45, 2.75) is 25.7 Å². The Kier molecular flexibility index (Phi) is 4.61. The van der Waals surface area contributed by atoms with E-state index in [2.05, 4.69) is 0 Å². The fourth-order valence-corrected chi connectivity index (χ4v) is 3.57. The van der Waals surface area contributed by atoms with Gasteiger partial charge in [0.15, 0.2) is 0 Å². The summed E-state index contributed by atoms with van der Waals surface area (Å²) in [6.45, 7) is 2.96. The van der Waals surface area contributed by atoms with Gasteiger partial charge in [0, 0.05) is 19.2 Å². The highest BCUT2D eigenvalue weighted by molar-refractivity contribution is 7.07. The summed E-state index contributed by atoms with van der Waals surface area (Å²) in [4.78, 5) is 12.9. The van der Waals surface area contributed by atoms with E-state index in [1.165, 1.54) is 6.07 Å². The van der Waals surface area contributed by atoms with Crippen LogP contribution in [0, 0.1) is 10.1 Å². The molecule has 1 N–H and O–H groups in total.